The normalized spacial score (nSPS) is 12.9. The van der Waals surface area contributed by atoms with E-state index in [0.717, 1.165) is 41.9 Å². The molecule has 2 aromatic carbocycles. The second-order valence-electron chi connectivity index (χ2n) is 5.69. The van der Waals surface area contributed by atoms with Crippen LogP contribution in [0, 0.1) is 0 Å². The van der Waals surface area contributed by atoms with Crippen molar-refractivity contribution in [1.82, 2.24) is 0 Å². The van der Waals surface area contributed by atoms with Crippen LogP contribution in [-0.4, -0.2) is 32.8 Å². The predicted octanol–water partition coefficient (Wildman–Crippen LogP) is 3.32. The molecule has 1 aliphatic heterocycles. The molecule has 5 heteroatoms. The molecule has 1 amide bonds. The summed E-state index contributed by atoms with van der Waals surface area (Å²) in [5.41, 5.74) is 3.60. The van der Waals surface area contributed by atoms with Crippen molar-refractivity contribution in [1.29, 1.82) is 0 Å². The van der Waals surface area contributed by atoms with Crippen LogP contribution < -0.4 is 15.4 Å². The van der Waals surface area contributed by atoms with Crippen molar-refractivity contribution in [3.8, 4) is 5.75 Å². The summed E-state index contributed by atoms with van der Waals surface area (Å²) in [6.07, 6.45) is 1.96. The molecule has 0 atom stereocenters. The Morgan fingerprint density at radius 2 is 2.08 bits per heavy atom. The zero-order valence-corrected chi connectivity index (χ0v) is 13.8. The fourth-order valence-corrected chi connectivity index (χ4v) is 2.83. The third kappa shape index (κ3) is 3.86. The molecule has 3 rings (SSSR count). The van der Waals surface area contributed by atoms with E-state index in [1.54, 1.807) is 7.11 Å². The SMILES string of the molecule is COCCOc1cccc(NC(=O)c2cccc3c2CCCN3)c1. The lowest BCUT2D eigenvalue weighted by Crippen LogP contribution is -2.19. The lowest BCUT2D eigenvalue weighted by atomic mass is 9.97. The number of benzene rings is 2. The minimum absolute atomic E-state index is 0.0930. The lowest BCUT2D eigenvalue weighted by Gasteiger charge is -2.20. The molecule has 0 fully saturated rings. The van der Waals surface area contributed by atoms with Gasteiger partial charge in [0.05, 0.1) is 6.61 Å². The Morgan fingerprint density at radius 3 is 2.96 bits per heavy atom. The van der Waals surface area contributed by atoms with Crippen LogP contribution >= 0.6 is 0 Å². The van der Waals surface area contributed by atoms with E-state index in [0.29, 0.717) is 19.0 Å². The first-order valence-corrected chi connectivity index (χ1v) is 8.17. The van der Waals surface area contributed by atoms with Gasteiger partial charge < -0.3 is 20.1 Å². The van der Waals surface area contributed by atoms with Gasteiger partial charge in [0.1, 0.15) is 12.4 Å². The predicted molar refractivity (Wildman–Crippen MR) is 95.0 cm³/mol. The number of ether oxygens (including phenoxy) is 2. The van der Waals surface area contributed by atoms with Crippen molar-refractivity contribution in [2.45, 2.75) is 12.8 Å². The number of hydrogen-bond acceptors (Lipinski definition) is 4. The molecule has 2 aromatic rings. The summed E-state index contributed by atoms with van der Waals surface area (Å²) in [4.78, 5) is 12.7. The number of hydrogen-bond donors (Lipinski definition) is 2. The van der Waals surface area contributed by atoms with Crippen LogP contribution in [0.4, 0.5) is 11.4 Å². The highest BCUT2D eigenvalue weighted by molar-refractivity contribution is 6.06. The van der Waals surface area contributed by atoms with E-state index in [2.05, 4.69) is 10.6 Å². The third-order valence-corrected chi connectivity index (χ3v) is 3.99. The Hall–Kier alpha value is -2.53. The van der Waals surface area contributed by atoms with E-state index in [4.69, 9.17) is 9.47 Å². The molecule has 0 radical (unpaired) electrons. The number of methoxy groups -OCH3 is 1. The van der Waals surface area contributed by atoms with Crippen LogP contribution in [0.1, 0.15) is 22.3 Å². The highest BCUT2D eigenvalue weighted by Crippen LogP contribution is 2.26. The summed E-state index contributed by atoms with van der Waals surface area (Å²) in [5.74, 6) is 0.617. The first kappa shape index (κ1) is 16.3. The number of fused-ring (bicyclic) bond motifs is 1. The zero-order valence-electron chi connectivity index (χ0n) is 13.8. The van der Waals surface area contributed by atoms with E-state index < -0.39 is 0 Å². The summed E-state index contributed by atoms with van der Waals surface area (Å²) < 4.78 is 10.5. The topological polar surface area (TPSA) is 59.6 Å². The van der Waals surface area contributed by atoms with E-state index in [1.807, 2.05) is 42.5 Å². The maximum atomic E-state index is 12.7. The van der Waals surface area contributed by atoms with Crippen molar-refractivity contribution < 1.29 is 14.3 Å². The second-order valence-corrected chi connectivity index (χ2v) is 5.69. The van der Waals surface area contributed by atoms with E-state index in [9.17, 15) is 4.79 Å². The average molecular weight is 326 g/mol. The minimum Gasteiger partial charge on any atom is -0.491 e. The monoisotopic (exact) mass is 326 g/mol. The quantitative estimate of drug-likeness (QED) is 0.800. The Kier molecular flexibility index (Phi) is 5.33. The van der Waals surface area contributed by atoms with Gasteiger partial charge in [-0.15, -0.1) is 0 Å². The summed E-state index contributed by atoms with van der Waals surface area (Å²) in [6, 6.07) is 13.2. The Balaban J connectivity index is 1.72. The van der Waals surface area contributed by atoms with Gasteiger partial charge in [0, 0.05) is 36.7 Å². The molecule has 1 heterocycles. The van der Waals surface area contributed by atoms with Gasteiger partial charge in [0.15, 0.2) is 0 Å². The van der Waals surface area contributed by atoms with E-state index >= 15 is 0 Å². The summed E-state index contributed by atoms with van der Waals surface area (Å²) in [7, 11) is 1.63. The molecule has 5 nitrogen and oxygen atoms in total. The van der Waals surface area contributed by atoms with Crippen molar-refractivity contribution in [3.63, 3.8) is 0 Å². The Bertz CT molecular complexity index is 716. The molecule has 0 spiro atoms. The van der Waals surface area contributed by atoms with Crippen LogP contribution in [0.25, 0.3) is 0 Å². The molecular formula is C19H22N2O3. The van der Waals surface area contributed by atoms with Gasteiger partial charge in [-0.2, -0.15) is 0 Å². The fraction of sp³-hybridized carbons (Fsp3) is 0.316. The van der Waals surface area contributed by atoms with Gasteiger partial charge in [0.25, 0.3) is 5.91 Å². The minimum atomic E-state index is -0.0930. The summed E-state index contributed by atoms with van der Waals surface area (Å²) >= 11 is 0. The molecule has 2 N–H and O–H groups in total. The van der Waals surface area contributed by atoms with Crippen LogP contribution in [0.15, 0.2) is 42.5 Å². The smallest absolute Gasteiger partial charge is 0.256 e. The lowest BCUT2D eigenvalue weighted by molar-refractivity contribution is 0.102. The van der Waals surface area contributed by atoms with Crippen LogP contribution in [-0.2, 0) is 11.2 Å². The maximum absolute atomic E-state index is 12.7. The summed E-state index contributed by atoms with van der Waals surface area (Å²) in [5, 5.41) is 6.31. The highest BCUT2D eigenvalue weighted by Gasteiger charge is 2.17. The first-order valence-electron chi connectivity index (χ1n) is 8.17. The highest BCUT2D eigenvalue weighted by atomic mass is 16.5. The zero-order chi connectivity index (χ0) is 16.8. The van der Waals surface area contributed by atoms with E-state index in [-0.39, 0.29) is 5.91 Å². The molecule has 0 saturated heterocycles. The van der Waals surface area contributed by atoms with Crippen molar-refractivity contribution in [2.24, 2.45) is 0 Å². The fourth-order valence-electron chi connectivity index (χ4n) is 2.83. The van der Waals surface area contributed by atoms with Crippen LogP contribution in [0.5, 0.6) is 5.75 Å². The molecule has 1 aliphatic rings. The largest absolute Gasteiger partial charge is 0.491 e. The van der Waals surface area contributed by atoms with Crippen LogP contribution in [0.2, 0.25) is 0 Å². The van der Waals surface area contributed by atoms with Gasteiger partial charge in [0.2, 0.25) is 0 Å². The molecule has 0 saturated carbocycles. The Morgan fingerprint density at radius 1 is 1.21 bits per heavy atom. The maximum Gasteiger partial charge on any atom is 0.256 e. The standard InChI is InChI=1S/C19H22N2O3/c1-23-11-12-24-15-6-2-5-14(13-15)21-19(22)17-7-3-9-18-16(17)8-4-10-20-18/h2-3,5-7,9,13,20H,4,8,10-12H2,1H3,(H,21,22). The Labute approximate surface area is 142 Å². The van der Waals surface area contributed by atoms with Gasteiger partial charge in [-0.1, -0.05) is 12.1 Å². The van der Waals surface area contributed by atoms with Crippen LogP contribution in [0.3, 0.4) is 0 Å². The molecular weight excluding hydrogens is 304 g/mol. The number of amides is 1. The average Bonchev–Trinajstić information content (AvgIpc) is 2.62. The molecule has 0 aliphatic carbocycles. The molecule has 0 unspecified atom stereocenters. The number of nitrogens with one attached hydrogen (secondary N) is 2. The number of carbonyl (C=O) groups excluding carboxylic acids is 1. The number of carbonyl (C=O) groups is 1. The molecule has 0 aromatic heterocycles. The van der Waals surface area contributed by atoms with Crippen molar-refractivity contribution in [3.05, 3.63) is 53.6 Å². The van der Waals surface area contributed by atoms with E-state index in [1.165, 1.54) is 0 Å². The second kappa shape index (κ2) is 7.84. The van der Waals surface area contributed by atoms with Gasteiger partial charge in [-0.3, -0.25) is 4.79 Å². The van der Waals surface area contributed by atoms with Crippen molar-refractivity contribution >= 4 is 17.3 Å². The molecule has 126 valence electrons. The molecule has 0 bridgehead atoms. The third-order valence-electron chi connectivity index (χ3n) is 3.99. The van der Waals surface area contributed by atoms with Gasteiger partial charge in [-0.05, 0) is 42.7 Å². The van der Waals surface area contributed by atoms with Crippen molar-refractivity contribution in [2.75, 3.05) is 37.5 Å². The molecule has 24 heavy (non-hydrogen) atoms. The summed E-state index contributed by atoms with van der Waals surface area (Å²) in [6.45, 7) is 1.96. The number of rotatable bonds is 6. The van der Waals surface area contributed by atoms with Gasteiger partial charge in [-0.25, -0.2) is 0 Å². The van der Waals surface area contributed by atoms with Gasteiger partial charge >= 0.3 is 0 Å². The first-order chi connectivity index (χ1) is 11.8. The number of anilines is 2.